The third-order valence-corrected chi connectivity index (χ3v) is 4.48. The first-order valence-corrected chi connectivity index (χ1v) is 10.3. The lowest BCUT2D eigenvalue weighted by Gasteiger charge is -2.29. The Morgan fingerprint density at radius 2 is 1.89 bits per heavy atom. The highest BCUT2D eigenvalue weighted by Crippen LogP contribution is 2.18. The fraction of sp³-hybridized carbons (Fsp3) is 0.316. The molecule has 0 aromatic heterocycles. The van der Waals surface area contributed by atoms with Crippen molar-refractivity contribution in [1.29, 1.82) is 0 Å². The molecule has 2 rings (SSSR count). The summed E-state index contributed by atoms with van der Waals surface area (Å²) >= 11 is 0. The van der Waals surface area contributed by atoms with E-state index in [2.05, 4.69) is 5.32 Å². The summed E-state index contributed by atoms with van der Waals surface area (Å²) in [5.74, 6) is -0.218. The third kappa shape index (κ3) is 6.56. The first-order chi connectivity index (χ1) is 12.7. The van der Waals surface area contributed by atoms with Crippen LogP contribution in [0.2, 0.25) is 0 Å². The largest absolute Gasteiger partial charge is 0.383 e. The first-order valence-electron chi connectivity index (χ1n) is 8.49. The predicted octanol–water partition coefficient (Wildman–Crippen LogP) is 4.00. The summed E-state index contributed by atoms with van der Waals surface area (Å²) in [7, 11) is -3.59. The van der Waals surface area contributed by atoms with E-state index in [1.807, 2.05) is 13.8 Å². The van der Waals surface area contributed by atoms with Crippen molar-refractivity contribution in [3.63, 3.8) is 0 Å². The molecule has 1 N–H and O–H groups in total. The molecule has 0 fully saturated rings. The van der Waals surface area contributed by atoms with Gasteiger partial charge in [0.2, 0.25) is 0 Å². The molecule has 0 aliphatic heterocycles. The number of rotatable bonds is 7. The Balaban J connectivity index is 2.13. The van der Waals surface area contributed by atoms with E-state index in [-0.39, 0.29) is 17.8 Å². The van der Waals surface area contributed by atoms with Crippen molar-refractivity contribution in [1.82, 2.24) is 4.90 Å². The molecule has 2 aromatic carbocycles. The standard InChI is InChI=1S/C19H23FN2O4S/c1-4-14(2)22(19(23)21-17-7-5-6-16(20)12-17)13-15-8-10-18(11-9-15)26-27(3,24)25/h5-12,14H,4,13H2,1-3H3,(H,21,23)/t14-/m1/s1. The number of hydrogen-bond acceptors (Lipinski definition) is 4. The molecule has 2 aromatic rings. The predicted molar refractivity (Wildman–Crippen MR) is 103 cm³/mol. The number of anilines is 1. The lowest BCUT2D eigenvalue weighted by molar-refractivity contribution is 0.187. The van der Waals surface area contributed by atoms with E-state index >= 15 is 0 Å². The van der Waals surface area contributed by atoms with Crippen LogP contribution in [0.4, 0.5) is 14.9 Å². The van der Waals surface area contributed by atoms with Crippen molar-refractivity contribution in [3.8, 4) is 5.75 Å². The topological polar surface area (TPSA) is 75.7 Å². The summed E-state index contributed by atoms with van der Waals surface area (Å²) in [4.78, 5) is 14.3. The van der Waals surface area contributed by atoms with Gasteiger partial charge in [0.25, 0.3) is 0 Å². The van der Waals surface area contributed by atoms with Crippen LogP contribution in [0.25, 0.3) is 0 Å². The molecule has 0 radical (unpaired) electrons. The quantitative estimate of drug-likeness (QED) is 0.721. The van der Waals surface area contributed by atoms with Crippen LogP contribution in [0.5, 0.6) is 5.75 Å². The number of hydrogen-bond donors (Lipinski definition) is 1. The van der Waals surface area contributed by atoms with Gasteiger partial charge < -0.3 is 14.4 Å². The number of carbonyl (C=O) groups is 1. The first kappa shape index (κ1) is 20.7. The minimum absolute atomic E-state index is 0.0505. The molecule has 2 amide bonds. The van der Waals surface area contributed by atoms with Crippen molar-refractivity contribution in [2.24, 2.45) is 0 Å². The molecule has 0 spiro atoms. The van der Waals surface area contributed by atoms with Gasteiger partial charge in [-0.2, -0.15) is 8.42 Å². The summed E-state index contributed by atoms with van der Waals surface area (Å²) in [6.45, 7) is 4.21. The van der Waals surface area contributed by atoms with Gasteiger partial charge in [-0.25, -0.2) is 9.18 Å². The van der Waals surface area contributed by atoms with Crippen molar-refractivity contribution >= 4 is 21.8 Å². The highest BCUT2D eigenvalue weighted by Gasteiger charge is 2.19. The number of nitrogens with zero attached hydrogens (tertiary/aromatic N) is 1. The Kier molecular flexibility index (Phi) is 6.79. The van der Waals surface area contributed by atoms with Gasteiger partial charge in [-0.15, -0.1) is 0 Å². The van der Waals surface area contributed by atoms with Crippen LogP contribution in [0.1, 0.15) is 25.8 Å². The van der Waals surface area contributed by atoms with E-state index in [0.29, 0.717) is 12.2 Å². The van der Waals surface area contributed by atoms with Crippen LogP contribution in [0, 0.1) is 5.82 Å². The molecular weight excluding hydrogens is 371 g/mol. The van der Waals surface area contributed by atoms with Gasteiger partial charge in [-0.1, -0.05) is 25.1 Å². The summed E-state index contributed by atoms with van der Waals surface area (Å²) in [5.41, 5.74) is 1.19. The van der Waals surface area contributed by atoms with E-state index in [0.717, 1.165) is 18.2 Å². The molecule has 0 aliphatic carbocycles. The van der Waals surface area contributed by atoms with E-state index in [1.165, 1.54) is 30.3 Å². The Labute approximate surface area is 159 Å². The number of amides is 2. The molecule has 8 heteroatoms. The molecule has 27 heavy (non-hydrogen) atoms. The van der Waals surface area contributed by atoms with E-state index in [4.69, 9.17) is 4.18 Å². The van der Waals surface area contributed by atoms with Crippen LogP contribution >= 0.6 is 0 Å². The summed E-state index contributed by atoms with van der Waals surface area (Å²) < 4.78 is 40.5. The van der Waals surface area contributed by atoms with Crippen LogP contribution in [0.15, 0.2) is 48.5 Å². The number of halogens is 1. The second-order valence-corrected chi connectivity index (χ2v) is 7.83. The van der Waals surface area contributed by atoms with Gasteiger partial charge in [0.05, 0.1) is 6.26 Å². The lowest BCUT2D eigenvalue weighted by Crippen LogP contribution is -2.40. The molecule has 0 saturated carbocycles. The maximum absolute atomic E-state index is 13.3. The molecule has 0 aliphatic rings. The zero-order valence-corrected chi connectivity index (χ0v) is 16.3. The van der Waals surface area contributed by atoms with Gasteiger partial charge in [0.15, 0.2) is 0 Å². The average Bonchev–Trinajstić information content (AvgIpc) is 2.59. The van der Waals surface area contributed by atoms with Gasteiger partial charge >= 0.3 is 16.1 Å². The number of carbonyl (C=O) groups excluding carboxylic acids is 1. The van der Waals surface area contributed by atoms with Crippen molar-refractivity contribution in [2.75, 3.05) is 11.6 Å². The maximum Gasteiger partial charge on any atom is 0.322 e. The lowest BCUT2D eigenvalue weighted by atomic mass is 10.1. The highest BCUT2D eigenvalue weighted by molar-refractivity contribution is 7.86. The molecule has 0 heterocycles. The Morgan fingerprint density at radius 1 is 1.22 bits per heavy atom. The smallest absolute Gasteiger partial charge is 0.322 e. The monoisotopic (exact) mass is 394 g/mol. The third-order valence-electron chi connectivity index (χ3n) is 3.98. The van der Waals surface area contributed by atoms with E-state index in [1.54, 1.807) is 23.1 Å². The molecule has 146 valence electrons. The van der Waals surface area contributed by atoms with Crippen LogP contribution in [-0.4, -0.2) is 31.6 Å². The minimum Gasteiger partial charge on any atom is -0.383 e. The fourth-order valence-corrected chi connectivity index (χ4v) is 2.89. The number of urea groups is 1. The normalized spacial score (nSPS) is 12.3. The van der Waals surface area contributed by atoms with Crippen molar-refractivity contribution in [3.05, 3.63) is 59.9 Å². The number of benzene rings is 2. The maximum atomic E-state index is 13.3. The Morgan fingerprint density at radius 3 is 2.44 bits per heavy atom. The molecule has 6 nitrogen and oxygen atoms in total. The zero-order valence-electron chi connectivity index (χ0n) is 15.5. The Bertz CT molecular complexity index is 885. The van der Waals surface area contributed by atoms with E-state index in [9.17, 15) is 17.6 Å². The minimum atomic E-state index is -3.59. The van der Waals surface area contributed by atoms with Gasteiger partial charge in [-0.05, 0) is 49.2 Å². The number of nitrogens with one attached hydrogen (secondary N) is 1. The summed E-state index contributed by atoms with van der Waals surface area (Å²) in [6.07, 6.45) is 1.72. The van der Waals surface area contributed by atoms with E-state index < -0.39 is 15.9 Å². The second-order valence-electron chi connectivity index (χ2n) is 6.26. The second kappa shape index (κ2) is 8.85. The molecule has 1 atom stereocenters. The van der Waals surface area contributed by atoms with Crippen molar-refractivity contribution in [2.45, 2.75) is 32.9 Å². The van der Waals surface area contributed by atoms with Crippen LogP contribution in [-0.2, 0) is 16.7 Å². The average molecular weight is 394 g/mol. The molecule has 0 unspecified atom stereocenters. The summed E-state index contributed by atoms with van der Waals surface area (Å²) in [6, 6.07) is 11.8. The van der Waals surface area contributed by atoms with Gasteiger partial charge in [-0.3, -0.25) is 0 Å². The molecule has 0 bridgehead atoms. The summed E-state index contributed by atoms with van der Waals surface area (Å²) in [5, 5.41) is 2.70. The highest BCUT2D eigenvalue weighted by atomic mass is 32.2. The van der Waals surface area contributed by atoms with Crippen LogP contribution in [0.3, 0.4) is 0 Å². The van der Waals surface area contributed by atoms with Crippen molar-refractivity contribution < 1.29 is 21.8 Å². The van der Waals surface area contributed by atoms with Gasteiger partial charge in [0, 0.05) is 18.3 Å². The van der Waals surface area contributed by atoms with Crippen LogP contribution < -0.4 is 9.50 Å². The SMILES string of the molecule is CC[C@@H](C)N(Cc1ccc(OS(C)(=O)=O)cc1)C(=O)Nc1cccc(F)c1. The fourth-order valence-electron chi connectivity index (χ4n) is 2.43. The molecule has 0 saturated heterocycles. The Hall–Kier alpha value is -2.61. The zero-order chi connectivity index (χ0) is 20.0. The molecular formula is C19H23FN2O4S. The van der Waals surface area contributed by atoms with Gasteiger partial charge in [0.1, 0.15) is 11.6 Å².